The lowest BCUT2D eigenvalue weighted by Gasteiger charge is -2.14. The number of rotatable bonds is 5. The van der Waals surface area contributed by atoms with Crippen LogP contribution in [0.25, 0.3) is 0 Å². The van der Waals surface area contributed by atoms with Crippen molar-refractivity contribution in [2.75, 3.05) is 13.6 Å². The molecule has 0 unspecified atom stereocenters. The summed E-state index contributed by atoms with van der Waals surface area (Å²) in [6.45, 7) is 0.848. The smallest absolute Gasteiger partial charge is 0.244 e. The summed E-state index contributed by atoms with van der Waals surface area (Å²) in [7, 11) is 1.65. The largest absolute Gasteiger partial charge is 0.343 e. The quantitative estimate of drug-likeness (QED) is 0.696. The zero-order valence-corrected chi connectivity index (χ0v) is 9.13. The molecule has 1 aromatic heterocycles. The highest BCUT2D eigenvalue weighted by atomic mass is 16.2. The predicted octanol–water partition coefficient (Wildman–Crippen LogP) is -0.891. The molecule has 16 heavy (non-hydrogen) atoms. The van der Waals surface area contributed by atoms with E-state index in [1.807, 2.05) is 6.07 Å². The van der Waals surface area contributed by atoms with E-state index < -0.39 is 0 Å². The summed E-state index contributed by atoms with van der Waals surface area (Å²) in [6.07, 6.45) is 1.96. The fourth-order valence-corrected chi connectivity index (χ4v) is 1.11. The van der Waals surface area contributed by atoms with Crippen LogP contribution in [0.1, 0.15) is 12.1 Å². The van der Waals surface area contributed by atoms with Crippen molar-refractivity contribution in [2.45, 2.75) is 19.5 Å². The number of nitrogens with two attached hydrogens (primary N) is 1. The fraction of sp³-hybridized carbons (Fsp3) is 0.556. The Morgan fingerprint density at radius 3 is 3.06 bits per heavy atom. The maximum atomic E-state index is 11.6. The molecule has 0 aliphatic carbocycles. The van der Waals surface area contributed by atoms with Gasteiger partial charge in [0, 0.05) is 20.1 Å². The minimum Gasteiger partial charge on any atom is -0.343 e. The van der Waals surface area contributed by atoms with Crippen LogP contribution >= 0.6 is 0 Å². The lowest BCUT2D eigenvalue weighted by Crippen LogP contribution is -2.31. The molecule has 0 aliphatic rings. The normalized spacial score (nSPS) is 9.81. The topological polar surface area (TPSA) is 101 Å². The van der Waals surface area contributed by atoms with Gasteiger partial charge in [-0.2, -0.15) is 5.26 Å². The molecule has 0 bridgehead atoms. The molecule has 0 spiro atoms. The van der Waals surface area contributed by atoms with Gasteiger partial charge in [0.2, 0.25) is 5.91 Å². The third-order valence-electron chi connectivity index (χ3n) is 2.08. The molecule has 7 heteroatoms. The summed E-state index contributed by atoms with van der Waals surface area (Å²) in [5, 5.41) is 15.9. The van der Waals surface area contributed by atoms with Gasteiger partial charge in [0.15, 0.2) is 0 Å². The Balaban J connectivity index is 2.47. The predicted molar refractivity (Wildman–Crippen MR) is 55.8 cm³/mol. The van der Waals surface area contributed by atoms with Crippen LogP contribution in [-0.4, -0.2) is 39.4 Å². The molecular formula is C9H14N6O. The highest BCUT2D eigenvalue weighted by Crippen LogP contribution is 1.94. The maximum absolute atomic E-state index is 11.6. The zero-order chi connectivity index (χ0) is 12.0. The minimum absolute atomic E-state index is 0.108. The Labute approximate surface area is 93.4 Å². The van der Waals surface area contributed by atoms with Gasteiger partial charge in [0.1, 0.15) is 6.54 Å². The molecular weight excluding hydrogens is 208 g/mol. The van der Waals surface area contributed by atoms with E-state index in [1.165, 1.54) is 9.58 Å². The summed E-state index contributed by atoms with van der Waals surface area (Å²) in [6, 6.07) is 1.99. The highest BCUT2D eigenvalue weighted by Gasteiger charge is 2.10. The van der Waals surface area contributed by atoms with Crippen LogP contribution < -0.4 is 5.73 Å². The van der Waals surface area contributed by atoms with Gasteiger partial charge in [0.25, 0.3) is 0 Å². The first kappa shape index (κ1) is 12.1. The van der Waals surface area contributed by atoms with Crippen molar-refractivity contribution >= 4 is 5.91 Å². The molecule has 1 amide bonds. The first-order valence-electron chi connectivity index (χ1n) is 4.87. The van der Waals surface area contributed by atoms with Gasteiger partial charge in [-0.3, -0.25) is 4.79 Å². The summed E-state index contributed by atoms with van der Waals surface area (Å²) in [5.74, 6) is -0.108. The van der Waals surface area contributed by atoms with Crippen molar-refractivity contribution in [1.82, 2.24) is 19.9 Å². The Morgan fingerprint density at radius 1 is 1.75 bits per heavy atom. The summed E-state index contributed by atoms with van der Waals surface area (Å²) >= 11 is 0. The molecule has 1 aromatic rings. The van der Waals surface area contributed by atoms with Gasteiger partial charge in [0.05, 0.1) is 24.4 Å². The van der Waals surface area contributed by atoms with Gasteiger partial charge in [-0.15, -0.1) is 5.10 Å². The summed E-state index contributed by atoms with van der Waals surface area (Å²) in [4.78, 5) is 13.1. The Bertz CT molecular complexity index is 393. The van der Waals surface area contributed by atoms with Gasteiger partial charge >= 0.3 is 0 Å². The van der Waals surface area contributed by atoms with Gasteiger partial charge in [-0.25, -0.2) is 4.68 Å². The number of nitriles is 1. The number of carbonyl (C=O) groups excluding carboxylic acids is 1. The number of hydrogen-bond donors (Lipinski definition) is 1. The number of hydrogen-bond acceptors (Lipinski definition) is 5. The minimum atomic E-state index is -0.108. The number of nitrogens with zero attached hydrogens (tertiary/aromatic N) is 5. The van der Waals surface area contributed by atoms with Crippen molar-refractivity contribution in [2.24, 2.45) is 5.73 Å². The van der Waals surface area contributed by atoms with Crippen LogP contribution in [0, 0.1) is 11.3 Å². The molecule has 0 fully saturated rings. The Morgan fingerprint density at radius 2 is 2.50 bits per heavy atom. The molecule has 86 valence electrons. The van der Waals surface area contributed by atoms with Crippen molar-refractivity contribution in [3.63, 3.8) is 0 Å². The van der Waals surface area contributed by atoms with Crippen LogP contribution in [-0.2, 0) is 17.9 Å². The summed E-state index contributed by atoms with van der Waals surface area (Å²) < 4.78 is 1.44. The van der Waals surface area contributed by atoms with Crippen LogP contribution in [0.3, 0.4) is 0 Å². The third kappa shape index (κ3) is 3.33. The molecule has 0 aromatic carbocycles. The SMILES string of the molecule is CN(CCC#N)C(=O)Cn1cc(CN)nn1. The zero-order valence-electron chi connectivity index (χ0n) is 9.13. The van der Waals surface area contributed by atoms with E-state index >= 15 is 0 Å². The molecule has 7 nitrogen and oxygen atoms in total. The molecule has 0 radical (unpaired) electrons. The van der Waals surface area contributed by atoms with Crippen molar-refractivity contribution < 1.29 is 4.79 Å². The molecule has 1 heterocycles. The second-order valence-corrected chi connectivity index (χ2v) is 3.33. The van der Waals surface area contributed by atoms with E-state index in [0.717, 1.165) is 0 Å². The fourth-order valence-electron chi connectivity index (χ4n) is 1.11. The third-order valence-corrected chi connectivity index (χ3v) is 2.08. The van der Waals surface area contributed by atoms with Crippen LogP contribution in [0.5, 0.6) is 0 Å². The number of likely N-dealkylation sites (N-methyl/N-ethyl adjacent to an activating group) is 1. The molecule has 0 aliphatic heterocycles. The van der Waals surface area contributed by atoms with Crippen molar-refractivity contribution in [3.05, 3.63) is 11.9 Å². The molecule has 2 N–H and O–H groups in total. The Kier molecular flexibility index (Phi) is 4.42. The molecule has 0 saturated carbocycles. The van der Waals surface area contributed by atoms with Crippen LogP contribution in [0.15, 0.2) is 6.20 Å². The van der Waals surface area contributed by atoms with Crippen molar-refractivity contribution in [3.8, 4) is 6.07 Å². The van der Waals surface area contributed by atoms with E-state index in [9.17, 15) is 4.79 Å². The molecule has 0 saturated heterocycles. The average molecular weight is 222 g/mol. The Hall–Kier alpha value is -1.94. The van der Waals surface area contributed by atoms with Gasteiger partial charge < -0.3 is 10.6 Å². The first-order chi connectivity index (χ1) is 7.67. The second kappa shape index (κ2) is 5.82. The first-order valence-corrected chi connectivity index (χ1v) is 4.87. The monoisotopic (exact) mass is 222 g/mol. The average Bonchev–Trinajstić information content (AvgIpc) is 2.73. The maximum Gasteiger partial charge on any atom is 0.244 e. The number of aromatic nitrogens is 3. The summed E-state index contributed by atoms with van der Waals surface area (Å²) in [5.41, 5.74) is 6.02. The van der Waals surface area contributed by atoms with E-state index in [-0.39, 0.29) is 12.5 Å². The number of amides is 1. The standard InChI is InChI=1S/C9H14N6O/c1-14(4-2-3-10)9(16)7-15-6-8(5-11)12-13-15/h6H,2,4-5,7,11H2,1H3. The van der Waals surface area contributed by atoms with E-state index in [1.54, 1.807) is 13.2 Å². The van der Waals surface area contributed by atoms with E-state index in [0.29, 0.717) is 25.2 Å². The molecule has 1 rings (SSSR count). The van der Waals surface area contributed by atoms with Crippen LogP contribution in [0.4, 0.5) is 0 Å². The van der Waals surface area contributed by atoms with E-state index in [4.69, 9.17) is 11.0 Å². The lowest BCUT2D eigenvalue weighted by molar-refractivity contribution is -0.130. The molecule has 0 atom stereocenters. The lowest BCUT2D eigenvalue weighted by atomic mass is 10.4. The van der Waals surface area contributed by atoms with E-state index in [2.05, 4.69) is 10.3 Å². The van der Waals surface area contributed by atoms with Crippen molar-refractivity contribution in [1.29, 1.82) is 5.26 Å². The van der Waals surface area contributed by atoms with Gasteiger partial charge in [-0.1, -0.05) is 5.21 Å². The van der Waals surface area contributed by atoms with Gasteiger partial charge in [-0.05, 0) is 0 Å². The second-order valence-electron chi connectivity index (χ2n) is 3.33. The highest BCUT2D eigenvalue weighted by molar-refractivity contribution is 5.75. The number of carbonyl (C=O) groups is 1. The van der Waals surface area contributed by atoms with Crippen LogP contribution in [0.2, 0.25) is 0 Å².